The summed E-state index contributed by atoms with van der Waals surface area (Å²) in [5.41, 5.74) is 2.49. The van der Waals surface area contributed by atoms with E-state index in [2.05, 4.69) is 10.4 Å². The number of nitrogens with zero attached hydrogens (tertiary/aromatic N) is 2. The van der Waals surface area contributed by atoms with Gasteiger partial charge in [0.05, 0.1) is 23.8 Å². The van der Waals surface area contributed by atoms with Crippen LogP contribution >= 0.6 is 0 Å². The quantitative estimate of drug-likeness (QED) is 0.925. The molecule has 0 bridgehead atoms. The molecule has 1 aliphatic heterocycles. The van der Waals surface area contributed by atoms with E-state index in [1.54, 1.807) is 0 Å². The van der Waals surface area contributed by atoms with Crippen molar-refractivity contribution in [2.24, 2.45) is 0 Å². The third-order valence-corrected chi connectivity index (χ3v) is 3.54. The molecule has 1 saturated heterocycles. The molecule has 20 heavy (non-hydrogen) atoms. The highest BCUT2D eigenvalue weighted by Gasteiger charge is 2.48. The van der Waals surface area contributed by atoms with Crippen LogP contribution in [-0.4, -0.2) is 28.2 Å². The number of hydrazine groups is 1. The van der Waals surface area contributed by atoms with Crippen molar-refractivity contribution in [3.8, 4) is 0 Å². The first-order valence-corrected chi connectivity index (χ1v) is 6.20. The van der Waals surface area contributed by atoms with E-state index < -0.39 is 17.8 Å². The second-order valence-electron chi connectivity index (χ2n) is 4.81. The summed E-state index contributed by atoms with van der Waals surface area (Å²) in [7, 11) is 0. The molecule has 2 aliphatic rings. The highest BCUT2D eigenvalue weighted by molar-refractivity contribution is 5.70. The molecule has 2 fully saturated rings. The zero-order valence-corrected chi connectivity index (χ0v) is 10.4. The Morgan fingerprint density at radius 3 is 2.70 bits per heavy atom. The van der Waals surface area contributed by atoms with E-state index in [9.17, 15) is 18.0 Å². The number of carbonyl (C=O) groups excluding carboxylic acids is 1. The van der Waals surface area contributed by atoms with Crippen LogP contribution in [-0.2, 0) is 17.5 Å². The lowest BCUT2D eigenvalue weighted by atomic mass is 9.90. The molecule has 5 nitrogen and oxygen atoms in total. The van der Waals surface area contributed by atoms with Crippen LogP contribution in [0, 0.1) is 0 Å². The van der Waals surface area contributed by atoms with Crippen LogP contribution in [0.2, 0.25) is 0 Å². The lowest BCUT2D eigenvalue weighted by molar-refractivity contribution is -0.137. The highest BCUT2D eigenvalue weighted by Crippen LogP contribution is 2.34. The zero-order chi connectivity index (χ0) is 14.3. The van der Waals surface area contributed by atoms with Gasteiger partial charge in [0.15, 0.2) is 0 Å². The Morgan fingerprint density at radius 1 is 1.40 bits per heavy atom. The molecule has 3 rings (SSSR count). The number of ether oxygens (including phenoxy) is 1. The van der Waals surface area contributed by atoms with Crippen molar-refractivity contribution in [1.29, 1.82) is 0 Å². The van der Waals surface area contributed by atoms with Gasteiger partial charge in [0.25, 0.3) is 0 Å². The van der Waals surface area contributed by atoms with Crippen LogP contribution < -0.4 is 5.43 Å². The first kappa shape index (κ1) is 13.2. The van der Waals surface area contributed by atoms with E-state index in [4.69, 9.17) is 4.74 Å². The smallest absolute Gasteiger partial charge is 0.425 e. The first-order chi connectivity index (χ1) is 9.45. The van der Waals surface area contributed by atoms with Crippen molar-refractivity contribution in [2.45, 2.75) is 37.7 Å². The Kier molecular flexibility index (Phi) is 3.04. The van der Waals surface area contributed by atoms with E-state index >= 15 is 0 Å². The average Bonchev–Trinajstić information content (AvgIpc) is 2.58. The van der Waals surface area contributed by atoms with Crippen molar-refractivity contribution in [1.82, 2.24) is 15.4 Å². The predicted octanol–water partition coefficient (Wildman–Crippen LogP) is 2.09. The standard InChI is InChI=1S/C12H12F3N3O2/c13-12(14,15)7-1-2-8(16-5-7)6-17-18-9-3-4-10(9)20-11(18)19/h1-2,5,9-10,17H,3-4,6H2/t9-,10+/m1/s1. The van der Waals surface area contributed by atoms with Gasteiger partial charge in [0.2, 0.25) is 0 Å². The van der Waals surface area contributed by atoms with Crippen LogP contribution in [0.15, 0.2) is 18.3 Å². The number of rotatable bonds is 3. The van der Waals surface area contributed by atoms with Crippen LogP contribution in [0.3, 0.4) is 0 Å². The molecule has 0 radical (unpaired) electrons. The number of halogens is 3. The normalized spacial score (nSPS) is 25.1. The summed E-state index contributed by atoms with van der Waals surface area (Å²) in [4.78, 5) is 15.2. The number of aromatic nitrogens is 1. The summed E-state index contributed by atoms with van der Waals surface area (Å²) < 4.78 is 42.2. The molecule has 1 aromatic heterocycles. The molecule has 108 valence electrons. The lowest BCUT2D eigenvalue weighted by Crippen LogP contribution is -2.50. The van der Waals surface area contributed by atoms with Gasteiger partial charge in [-0.3, -0.25) is 4.98 Å². The molecule has 0 aromatic carbocycles. The fraction of sp³-hybridized carbons (Fsp3) is 0.500. The van der Waals surface area contributed by atoms with Gasteiger partial charge >= 0.3 is 12.3 Å². The summed E-state index contributed by atoms with van der Waals surface area (Å²) in [5, 5.41) is 1.40. The molecule has 1 saturated carbocycles. The fourth-order valence-corrected chi connectivity index (χ4v) is 2.25. The highest BCUT2D eigenvalue weighted by atomic mass is 19.4. The number of carbonyl (C=O) groups is 1. The maximum absolute atomic E-state index is 12.4. The Morgan fingerprint density at radius 2 is 2.20 bits per heavy atom. The summed E-state index contributed by atoms with van der Waals surface area (Å²) >= 11 is 0. The van der Waals surface area contributed by atoms with Gasteiger partial charge in [-0.25, -0.2) is 15.2 Å². The SMILES string of the molecule is O=C1O[C@H]2CC[C@H]2N1NCc1ccc(C(F)(F)F)cn1. The van der Waals surface area contributed by atoms with Crippen LogP contribution in [0.1, 0.15) is 24.1 Å². The Balaban J connectivity index is 1.60. The van der Waals surface area contributed by atoms with Gasteiger partial charge in [0.1, 0.15) is 6.10 Å². The number of fused-ring (bicyclic) bond motifs is 1. The van der Waals surface area contributed by atoms with Crippen LogP contribution in [0.4, 0.5) is 18.0 Å². The number of hydrogen-bond acceptors (Lipinski definition) is 4. The molecular formula is C12H12F3N3O2. The summed E-state index contributed by atoms with van der Waals surface area (Å²) in [6.07, 6.45) is -2.39. The maximum Gasteiger partial charge on any atom is 0.425 e. The molecule has 8 heteroatoms. The summed E-state index contributed by atoms with van der Waals surface area (Å²) in [6.45, 7) is 0.177. The van der Waals surface area contributed by atoms with Crippen molar-refractivity contribution in [2.75, 3.05) is 0 Å². The fourth-order valence-electron chi connectivity index (χ4n) is 2.25. The molecule has 0 unspecified atom stereocenters. The molecule has 1 amide bonds. The maximum atomic E-state index is 12.4. The number of hydrogen-bond donors (Lipinski definition) is 1. The number of alkyl halides is 3. The van der Waals surface area contributed by atoms with E-state index in [1.807, 2.05) is 0 Å². The Hall–Kier alpha value is -1.83. The molecule has 0 spiro atoms. The molecular weight excluding hydrogens is 275 g/mol. The van der Waals surface area contributed by atoms with Gasteiger partial charge in [0, 0.05) is 6.20 Å². The Bertz CT molecular complexity index is 518. The largest absolute Gasteiger partial charge is 0.443 e. The Labute approximate surface area is 112 Å². The minimum atomic E-state index is -4.39. The summed E-state index contributed by atoms with van der Waals surface area (Å²) in [5.74, 6) is 0. The minimum Gasteiger partial charge on any atom is -0.443 e. The van der Waals surface area contributed by atoms with Crippen molar-refractivity contribution < 1.29 is 22.7 Å². The van der Waals surface area contributed by atoms with Gasteiger partial charge in [-0.2, -0.15) is 13.2 Å². The van der Waals surface area contributed by atoms with E-state index in [1.165, 1.54) is 11.1 Å². The molecule has 1 aromatic rings. The van der Waals surface area contributed by atoms with Crippen LogP contribution in [0.5, 0.6) is 0 Å². The van der Waals surface area contributed by atoms with Gasteiger partial charge < -0.3 is 4.74 Å². The van der Waals surface area contributed by atoms with Crippen molar-refractivity contribution in [3.05, 3.63) is 29.6 Å². The number of nitrogens with one attached hydrogen (secondary N) is 1. The van der Waals surface area contributed by atoms with E-state index in [-0.39, 0.29) is 18.7 Å². The topological polar surface area (TPSA) is 54.5 Å². The van der Waals surface area contributed by atoms with Crippen LogP contribution in [0.25, 0.3) is 0 Å². The average molecular weight is 287 g/mol. The third-order valence-electron chi connectivity index (χ3n) is 3.54. The zero-order valence-electron chi connectivity index (χ0n) is 10.4. The third kappa shape index (κ3) is 2.31. The van der Waals surface area contributed by atoms with E-state index in [0.29, 0.717) is 5.69 Å². The summed E-state index contributed by atoms with van der Waals surface area (Å²) in [6, 6.07) is 2.28. The second-order valence-corrected chi connectivity index (χ2v) is 4.81. The second kappa shape index (κ2) is 4.62. The van der Waals surface area contributed by atoms with Gasteiger partial charge in [-0.15, -0.1) is 0 Å². The lowest BCUT2D eigenvalue weighted by Gasteiger charge is -2.31. The van der Waals surface area contributed by atoms with E-state index in [0.717, 1.165) is 25.1 Å². The van der Waals surface area contributed by atoms with Crippen molar-refractivity contribution in [3.63, 3.8) is 0 Å². The predicted molar refractivity (Wildman–Crippen MR) is 61.2 cm³/mol. The molecule has 2 heterocycles. The van der Waals surface area contributed by atoms with Gasteiger partial charge in [-0.1, -0.05) is 0 Å². The monoisotopic (exact) mass is 287 g/mol. The van der Waals surface area contributed by atoms with Crippen molar-refractivity contribution >= 4 is 6.09 Å². The number of pyridine rings is 1. The first-order valence-electron chi connectivity index (χ1n) is 6.20. The van der Waals surface area contributed by atoms with Gasteiger partial charge in [-0.05, 0) is 25.0 Å². The molecule has 1 N–H and O–H groups in total. The number of amides is 1. The molecule has 1 aliphatic carbocycles. The minimum absolute atomic E-state index is 0.0250. The molecule has 2 atom stereocenters.